The first-order valence-electron chi connectivity index (χ1n) is 9.68. The summed E-state index contributed by atoms with van der Waals surface area (Å²) >= 11 is 0. The molecular weight excluding hydrogens is 392 g/mol. The first-order chi connectivity index (χ1) is 13.7. The lowest BCUT2D eigenvalue weighted by Crippen LogP contribution is -2.32. The number of amides is 1. The molecule has 0 aliphatic carbocycles. The lowest BCUT2D eigenvalue weighted by molar-refractivity contribution is -0.112. The number of anilines is 1. The summed E-state index contributed by atoms with van der Waals surface area (Å²) in [5.74, 6) is -1.53. The Kier molecular flexibility index (Phi) is 6.18. The van der Waals surface area contributed by atoms with E-state index in [1.54, 1.807) is 37.7 Å². The van der Waals surface area contributed by atoms with Crippen LogP contribution in [0.15, 0.2) is 29.2 Å². The second-order valence-electron chi connectivity index (χ2n) is 7.30. The molecular formula is C20H26N4O4S. The highest BCUT2D eigenvalue weighted by molar-refractivity contribution is 7.89. The summed E-state index contributed by atoms with van der Waals surface area (Å²) in [6, 6.07) is 6.03. The van der Waals surface area contributed by atoms with E-state index in [0.29, 0.717) is 24.5 Å². The number of nitrogens with zero attached hydrogens (tertiary/aromatic N) is 3. The molecule has 9 heteroatoms. The number of benzene rings is 1. The third kappa shape index (κ3) is 4.40. The standard InChI is InChI=1S/C20H26N4O4S/c1-14-18(15(2)23(3)22-14)19(25)20(26)21-16-9-8-10-17(13-16)29(27,28)24-11-6-4-5-7-12-24/h8-10,13H,4-7,11-12H2,1-3H3,(H,21,26). The molecule has 1 aromatic carbocycles. The zero-order chi connectivity index (χ0) is 21.2. The Morgan fingerprint density at radius 3 is 2.31 bits per heavy atom. The van der Waals surface area contributed by atoms with Crippen molar-refractivity contribution in [3.05, 3.63) is 41.2 Å². The van der Waals surface area contributed by atoms with Crippen LogP contribution in [0.5, 0.6) is 0 Å². The summed E-state index contributed by atoms with van der Waals surface area (Å²) in [4.78, 5) is 25.2. The molecule has 0 unspecified atom stereocenters. The Hall–Kier alpha value is -2.52. The molecule has 3 rings (SSSR count). The number of nitrogens with one attached hydrogen (secondary N) is 1. The molecule has 1 saturated heterocycles. The van der Waals surface area contributed by atoms with Gasteiger partial charge in [0.05, 0.1) is 16.2 Å². The van der Waals surface area contributed by atoms with Crippen molar-refractivity contribution >= 4 is 27.4 Å². The molecule has 1 fully saturated rings. The van der Waals surface area contributed by atoms with Gasteiger partial charge in [-0.05, 0) is 44.9 Å². The van der Waals surface area contributed by atoms with Crippen molar-refractivity contribution in [3.8, 4) is 0 Å². The fraction of sp³-hybridized carbons (Fsp3) is 0.450. The number of ketones is 1. The van der Waals surface area contributed by atoms with Crippen molar-refractivity contribution in [1.29, 1.82) is 0 Å². The third-order valence-electron chi connectivity index (χ3n) is 5.24. The fourth-order valence-corrected chi connectivity index (χ4v) is 5.13. The van der Waals surface area contributed by atoms with Gasteiger partial charge in [-0.25, -0.2) is 8.42 Å². The lowest BCUT2D eigenvalue weighted by Gasteiger charge is -2.20. The summed E-state index contributed by atoms with van der Waals surface area (Å²) in [6.07, 6.45) is 3.73. The van der Waals surface area contributed by atoms with Crippen molar-refractivity contribution in [1.82, 2.24) is 14.1 Å². The summed E-state index contributed by atoms with van der Waals surface area (Å²) < 4.78 is 29.0. The van der Waals surface area contributed by atoms with Gasteiger partial charge in [0.2, 0.25) is 10.0 Å². The van der Waals surface area contributed by atoms with Crippen molar-refractivity contribution in [3.63, 3.8) is 0 Å². The predicted octanol–water partition coefficient (Wildman–Crippen LogP) is 2.42. The van der Waals surface area contributed by atoms with E-state index >= 15 is 0 Å². The van der Waals surface area contributed by atoms with Crippen LogP contribution < -0.4 is 5.32 Å². The quantitative estimate of drug-likeness (QED) is 0.594. The Balaban J connectivity index is 1.80. The smallest absolute Gasteiger partial charge is 0.296 e. The molecule has 0 spiro atoms. The SMILES string of the molecule is Cc1nn(C)c(C)c1C(=O)C(=O)Nc1cccc(S(=O)(=O)N2CCCCCC2)c1. The van der Waals surface area contributed by atoms with Crippen LogP contribution in [0.25, 0.3) is 0 Å². The van der Waals surface area contributed by atoms with Crippen LogP contribution >= 0.6 is 0 Å². The Labute approximate surface area is 170 Å². The number of carbonyl (C=O) groups is 2. The van der Waals surface area contributed by atoms with Gasteiger partial charge in [-0.1, -0.05) is 18.9 Å². The number of sulfonamides is 1. The highest BCUT2D eigenvalue weighted by Crippen LogP contribution is 2.23. The predicted molar refractivity (Wildman–Crippen MR) is 109 cm³/mol. The van der Waals surface area contributed by atoms with Gasteiger partial charge in [-0.3, -0.25) is 14.3 Å². The minimum Gasteiger partial charge on any atom is -0.319 e. The number of carbonyl (C=O) groups excluding carboxylic acids is 2. The second-order valence-corrected chi connectivity index (χ2v) is 9.24. The van der Waals surface area contributed by atoms with Crippen LogP contribution in [-0.2, 0) is 21.9 Å². The van der Waals surface area contributed by atoms with E-state index in [4.69, 9.17) is 0 Å². The molecule has 1 N–H and O–H groups in total. The van der Waals surface area contributed by atoms with Crippen molar-refractivity contribution < 1.29 is 18.0 Å². The molecule has 1 aliphatic rings. The average molecular weight is 419 g/mol. The van der Waals surface area contributed by atoms with Gasteiger partial charge in [0.1, 0.15) is 0 Å². The Morgan fingerprint density at radius 1 is 1.07 bits per heavy atom. The maximum atomic E-state index is 13.0. The maximum Gasteiger partial charge on any atom is 0.296 e. The molecule has 156 valence electrons. The molecule has 2 aromatic rings. The zero-order valence-corrected chi connectivity index (χ0v) is 17.8. The van der Waals surface area contributed by atoms with Crippen LogP contribution in [0.4, 0.5) is 5.69 Å². The van der Waals surface area contributed by atoms with Gasteiger partial charge in [-0.15, -0.1) is 0 Å². The number of aryl methyl sites for hydroxylation is 2. The van der Waals surface area contributed by atoms with Gasteiger partial charge >= 0.3 is 0 Å². The third-order valence-corrected chi connectivity index (χ3v) is 7.13. The zero-order valence-electron chi connectivity index (χ0n) is 16.9. The van der Waals surface area contributed by atoms with E-state index in [9.17, 15) is 18.0 Å². The molecule has 0 radical (unpaired) electrons. The van der Waals surface area contributed by atoms with Gasteiger partial charge in [0, 0.05) is 31.5 Å². The van der Waals surface area contributed by atoms with Crippen molar-refractivity contribution in [2.24, 2.45) is 7.05 Å². The van der Waals surface area contributed by atoms with Crippen LogP contribution in [0.2, 0.25) is 0 Å². The largest absolute Gasteiger partial charge is 0.319 e. The first-order valence-corrected chi connectivity index (χ1v) is 11.1. The van der Waals surface area contributed by atoms with Crippen molar-refractivity contribution in [2.75, 3.05) is 18.4 Å². The minimum atomic E-state index is -3.64. The van der Waals surface area contributed by atoms with Crippen molar-refractivity contribution in [2.45, 2.75) is 44.4 Å². The number of Topliss-reactive ketones (excluding diaryl/α,β-unsaturated/α-hetero) is 1. The highest BCUT2D eigenvalue weighted by Gasteiger charge is 2.27. The number of aromatic nitrogens is 2. The molecule has 1 aromatic heterocycles. The Morgan fingerprint density at radius 2 is 1.72 bits per heavy atom. The lowest BCUT2D eigenvalue weighted by atomic mass is 10.1. The van der Waals surface area contributed by atoms with E-state index in [1.165, 1.54) is 16.4 Å². The molecule has 1 amide bonds. The van der Waals surface area contributed by atoms with Crippen LogP contribution in [0.3, 0.4) is 0 Å². The average Bonchev–Trinajstić information content (AvgIpc) is 2.88. The van der Waals surface area contributed by atoms with E-state index < -0.39 is 21.7 Å². The number of hydrogen-bond donors (Lipinski definition) is 1. The van der Waals surface area contributed by atoms with Crippen LogP contribution in [-0.4, -0.2) is 47.3 Å². The van der Waals surface area contributed by atoms with Crippen LogP contribution in [0.1, 0.15) is 47.4 Å². The number of rotatable bonds is 5. The summed E-state index contributed by atoms with van der Waals surface area (Å²) in [5, 5.41) is 6.68. The molecule has 29 heavy (non-hydrogen) atoms. The van der Waals surface area contributed by atoms with E-state index in [0.717, 1.165) is 25.7 Å². The molecule has 2 heterocycles. The highest BCUT2D eigenvalue weighted by atomic mass is 32.2. The topological polar surface area (TPSA) is 101 Å². The van der Waals surface area contributed by atoms with E-state index in [1.807, 2.05) is 0 Å². The first kappa shape index (κ1) is 21.2. The van der Waals surface area contributed by atoms with E-state index in [-0.39, 0.29) is 16.1 Å². The monoisotopic (exact) mass is 418 g/mol. The summed E-state index contributed by atoms with van der Waals surface area (Å²) in [5.41, 5.74) is 1.60. The van der Waals surface area contributed by atoms with Gasteiger partial charge in [0.15, 0.2) is 0 Å². The molecule has 8 nitrogen and oxygen atoms in total. The van der Waals surface area contributed by atoms with Gasteiger partial charge in [0.25, 0.3) is 11.7 Å². The van der Waals surface area contributed by atoms with E-state index in [2.05, 4.69) is 10.4 Å². The second kappa shape index (κ2) is 8.46. The maximum absolute atomic E-state index is 13.0. The van der Waals surface area contributed by atoms with Crippen LogP contribution in [0, 0.1) is 13.8 Å². The van der Waals surface area contributed by atoms with Gasteiger partial charge < -0.3 is 5.32 Å². The Bertz CT molecular complexity index is 1030. The minimum absolute atomic E-state index is 0.110. The molecule has 0 saturated carbocycles. The van der Waals surface area contributed by atoms with Gasteiger partial charge in [-0.2, -0.15) is 9.40 Å². The number of hydrogen-bond acceptors (Lipinski definition) is 5. The summed E-state index contributed by atoms with van der Waals surface area (Å²) in [7, 11) is -1.94. The fourth-order valence-electron chi connectivity index (χ4n) is 3.57. The normalized spacial score (nSPS) is 15.7. The molecule has 0 bridgehead atoms. The molecule has 0 atom stereocenters. The molecule has 1 aliphatic heterocycles. The summed E-state index contributed by atoms with van der Waals surface area (Å²) in [6.45, 7) is 4.38.